The van der Waals surface area contributed by atoms with Gasteiger partial charge in [0.15, 0.2) is 0 Å². The molecule has 2 amide bonds. The van der Waals surface area contributed by atoms with Crippen molar-refractivity contribution in [1.82, 2.24) is 5.32 Å². The lowest BCUT2D eigenvalue weighted by Gasteiger charge is -2.36. The Bertz CT molecular complexity index is 912. The lowest BCUT2D eigenvalue weighted by molar-refractivity contribution is -0.121. The third-order valence-corrected chi connectivity index (χ3v) is 5.61. The molecule has 0 aliphatic rings. The minimum absolute atomic E-state index is 0.199. The molecule has 3 N–H and O–H groups in total. The van der Waals surface area contributed by atoms with Gasteiger partial charge in [0.05, 0.1) is 17.6 Å². The molecular weight excluding hydrogens is 426 g/mol. The number of carbonyl (C=O) groups excluding carboxylic acids is 2. The zero-order valence-electron chi connectivity index (χ0n) is 21.2. The number of para-hydroxylation sites is 2. The molecule has 2 rings (SSSR count). The average molecular weight is 467 g/mol. The predicted molar refractivity (Wildman–Crippen MR) is 138 cm³/mol. The Hall–Kier alpha value is -3.02. The van der Waals surface area contributed by atoms with Gasteiger partial charge in [0.1, 0.15) is 12.4 Å². The first-order chi connectivity index (χ1) is 16.1. The molecule has 0 saturated carbocycles. The summed E-state index contributed by atoms with van der Waals surface area (Å²) < 4.78 is 6.21. The van der Waals surface area contributed by atoms with E-state index in [-0.39, 0.29) is 11.8 Å². The van der Waals surface area contributed by atoms with Crippen LogP contribution in [0, 0.1) is 18.3 Å². The van der Waals surface area contributed by atoms with Crippen molar-refractivity contribution in [2.24, 2.45) is 17.6 Å². The van der Waals surface area contributed by atoms with Crippen LogP contribution in [0.3, 0.4) is 0 Å². The number of amides is 2. The molecule has 1 atom stereocenters. The van der Waals surface area contributed by atoms with Crippen molar-refractivity contribution >= 4 is 17.5 Å². The number of carbonyl (C=O) groups is 2. The zero-order chi connectivity index (χ0) is 25.1. The van der Waals surface area contributed by atoms with E-state index in [0.29, 0.717) is 25.5 Å². The normalized spacial score (nSPS) is 12.3. The first-order valence-electron chi connectivity index (χ1n) is 12.0. The summed E-state index contributed by atoms with van der Waals surface area (Å²) >= 11 is 0. The molecule has 0 heterocycles. The first-order valence-corrected chi connectivity index (χ1v) is 12.0. The molecule has 2 aromatic rings. The quantitative estimate of drug-likeness (QED) is 0.422. The summed E-state index contributed by atoms with van der Waals surface area (Å²) in [6.07, 6.45) is 2.84. The van der Waals surface area contributed by atoms with Gasteiger partial charge in [-0.25, -0.2) is 0 Å². The molecule has 0 spiro atoms. The summed E-state index contributed by atoms with van der Waals surface area (Å²) in [5, 5.41) is 3.09. The highest BCUT2D eigenvalue weighted by Gasteiger charge is 2.26. The number of nitrogens with one attached hydrogen (secondary N) is 1. The Kier molecular flexibility index (Phi) is 10.4. The van der Waals surface area contributed by atoms with E-state index >= 15 is 0 Å². The number of nitrogens with zero attached hydrogens (tertiary/aromatic N) is 1. The maximum Gasteiger partial charge on any atom is 0.224 e. The molecule has 0 saturated heterocycles. The van der Waals surface area contributed by atoms with Gasteiger partial charge in [-0.05, 0) is 50.3 Å². The van der Waals surface area contributed by atoms with Gasteiger partial charge in [-0.1, -0.05) is 63.2 Å². The van der Waals surface area contributed by atoms with Crippen molar-refractivity contribution in [3.05, 3.63) is 66.6 Å². The Morgan fingerprint density at radius 1 is 1.06 bits per heavy atom. The maximum atomic E-state index is 12.5. The molecule has 185 valence electrons. The Morgan fingerprint density at radius 2 is 1.71 bits per heavy atom. The second-order valence-corrected chi connectivity index (χ2v) is 9.96. The van der Waals surface area contributed by atoms with Crippen molar-refractivity contribution < 1.29 is 14.3 Å². The van der Waals surface area contributed by atoms with Crippen LogP contribution in [0.1, 0.15) is 53.0 Å². The number of hydrogen-bond acceptors (Lipinski definition) is 4. The Morgan fingerprint density at radius 3 is 2.35 bits per heavy atom. The number of nitrogens with two attached hydrogens (primary N) is 1. The number of primary amides is 1. The molecule has 6 heteroatoms. The highest BCUT2D eigenvalue weighted by Crippen LogP contribution is 2.30. The minimum atomic E-state index is -0.507. The minimum Gasteiger partial charge on any atom is -0.487 e. The largest absolute Gasteiger partial charge is 0.487 e. The van der Waals surface area contributed by atoms with E-state index in [1.165, 1.54) is 6.42 Å². The molecule has 0 aliphatic carbocycles. The van der Waals surface area contributed by atoms with Crippen LogP contribution in [-0.2, 0) is 16.2 Å². The first kappa shape index (κ1) is 27.2. The highest BCUT2D eigenvalue weighted by molar-refractivity contribution is 5.86. The third kappa shape index (κ3) is 9.46. The SMILES string of the molecule is CC(C)CCN(CC(C)(C)NC(=O)[CH]CC(C)C(N)=O)c1ccccc1OCc1ccccc1. The van der Waals surface area contributed by atoms with E-state index in [4.69, 9.17) is 10.5 Å². The second kappa shape index (κ2) is 13.0. The van der Waals surface area contributed by atoms with E-state index in [2.05, 4.69) is 30.1 Å². The number of anilines is 1. The van der Waals surface area contributed by atoms with E-state index in [1.54, 1.807) is 6.92 Å². The maximum absolute atomic E-state index is 12.5. The summed E-state index contributed by atoms with van der Waals surface area (Å²) in [5.74, 6) is 0.385. The predicted octanol–water partition coefficient (Wildman–Crippen LogP) is 4.73. The smallest absolute Gasteiger partial charge is 0.224 e. The van der Waals surface area contributed by atoms with Gasteiger partial charge < -0.3 is 20.7 Å². The lowest BCUT2D eigenvalue weighted by Crippen LogP contribution is -2.52. The summed E-state index contributed by atoms with van der Waals surface area (Å²) in [6, 6.07) is 18.2. The van der Waals surface area contributed by atoms with E-state index in [9.17, 15) is 9.59 Å². The van der Waals surface area contributed by atoms with Crippen LogP contribution in [0.25, 0.3) is 0 Å². The summed E-state index contributed by atoms with van der Waals surface area (Å²) in [6.45, 7) is 12.1. The molecule has 1 unspecified atom stereocenters. The molecular formula is C28H40N3O3. The number of ether oxygens (including phenoxy) is 1. The van der Waals surface area contributed by atoms with E-state index < -0.39 is 11.4 Å². The van der Waals surface area contributed by atoms with Crippen molar-refractivity contribution in [3.8, 4) is 5.75 Å². The van der Waals surface area contributed by atoms with E-state index in [1.807, 2.05) is 62.4 Å². The Labute approximate surface area is 204 Å². The van der Waals surface area contributed by atoms with Crippen LogP contribution in [0.4, 0.5) is 5.69 Å². The van der Waals surface area contributed by atoms with Gasteiger partial charge in [-0.15, -0.1) is 0 Å². The van der Waals surface area contributed by atoms with Crippen LogP contribution in [0.5, 0.6) is 5.75 Å². The van der Waals surface area contributed by atoms with Gasteiger partial charge in [0.2, 0.25) is 11.8 Å². The molecule has 0 aromatic heterocycles. The fourth-order valence-electron chi connectivity index (χ4n) is 3.58. The fraction of sp³-hybridized carbons (Fsp3) is 0.464. The van der Waals surface area contributed by atoms with Gasteiger partial charge in [0.25, 0.3) is 0 Å². The molecule has 0 fully saturated rings. The van der Waals surface area contributed by atoms with Crippen LogP contribution < -0.4 is 20.7 Å². The van der Waals surface area contributed by atoms with Gasteiger partial charge in [-0.2, -0.15) is 0 Å². The van der Waals surface area contributed by atoms with Gasteiger partial charge in [0, 0.05) is 19.0 Å². The molecule has 1 radical (unpaired) electrons. The van der Waals surface area contributed by atoms with E-state index in [0.717, 1.165) is 30.0 Å². The highest BCUT2D eigenvalue weighted by atomic mass is 16.5. The lowest BCUT2D eigenvalue weighted by atomic mass is 10.0. The standard InChI is InChI=1S/C28H40N3O3/c1-21(2)17-18-31(20-28(4,5)30-26(32)16-15-22(3)27(29)33)24-13-9-10-14-25(24)34-19-23-11-7-6-8-12-23/h6-14,16,21-22H,15,17-20H2,1-5H3,(H2,29,33)(H,30,32). The van der Waals surface area contributed by atoms with Crippen molar-refractivity contribution in [3.63, 3.8) is 0 Å². The second-order valence-electron chi connectivity index (χ2n) is 9.96. The van der Waals surface area contributed by atoms with Crippen molar-refractivity contribution in [1.29, 1.82) is 0 Å². The summed E-state index contributed by atoms with van der Waals surface area (Å²) in [7, 11) is 0. The van der Waals surface area contributed by atoms with Crippen LogP contribution in [-0.4, -0.2) is 30.4 Å². The van der Waals surface area contributed by atoms with Crippen LogP contribution >= 0.6 is 0 Å². The van der Waals surface area contributed by atoms with Gasteiger partial charge in [-0.3, -0.25) is 9.59 Å². The summed E-state index contributed by atoms with van der Waals surface area (Å²) in [5.41, 5.74) is 6.91. The number of hydrogen-bond donors (Lipinski definition) is 2. The fourth-order valence-corrected chi connectivity index (χ4v) is 3.58. The average Bonchev–Trinajstić information content (AvgIpc) is 2.79. The molecule has 34 heavy (non-hydrogen) atoms. The molecule has 2 aromatic carbocycles. The van der Waals surface area contributed by atoms with Crippen molar-refractivity contribution in [2.75, 3.05) is 18.0 Å². The zero-order valence-corrected chi connectivity index (χ0v) is 21.2. The number of rotatable bonds is 14. The Balaban J connectivity index is 2.13. The molecule has 0 bridgehead atoms. The number of benzene rings is 2. The van der Waals surface area contributed by atoms with Crippen LogP contribution in [0.15, 0.2) is 54.6 Å². The van der Waals surface area contributed by atoms with Crippen molar-refractivity contribution in [2.45, 2.75) is 59.6 Å². The molecule has 6 nitrogen and oxygen atoms in total. The topological polar surface area (TPSA) is 84.7 Å². The summed E-state index contributed by atoms with van der Waals surface area (Å²) in [4.78, 5) is 26.1. The monoisotopic (exact) mass is 466 g/mol. The third-order valence-electron chi connectivity index (χ3n) is 5.61. The molecule has 0 aliphatic heterocycles. The van der Waals surface area contributed by atoms with Crippen LogP contribution in [0.2, 0.25) is 0 Å². The van der Waals surface area contributed by atoms with Gasteiger partial charge >= 0.3 is 0 Å².